The Bertz CT molecular complexity index is 839. The molecule has 0 aliphatic carbocycles. The minimum Gasteiger partial charge on any atom is -0.490 e. The number of alkyl halides is 3. The average Bonchev–Trinajstić information content (AvgIpc) is 2.61. The van der Waals surface area contributed by atoms with Gasteiger partial charge < -0.3 is 20.3 Å². The molecule has 0 bridgehead atoms. The Morgan fingerprint density at radius 1 is 1.14 bits per heavy atom. The summed E-state index contributed by atoms with van der Waals surface area (Å²) in [7, 11) is 3.66. The summed E-state index contributed by atoms with van der Waals surface area (Å²) in [5.41, 5.74) is -0.350. The van der Waals surface area contributed by atoms with E-state index in [1.54, 1.807) is 18.2 Å². The van der Waals surface area contributed by atoms with E-state index in [2.05, 4.69) is 10.6 Å². The lowest BCUT2D eigenvalue weighted by molar-refractivity contribution is -0.137. The van der Waals surface area contributed by atoms with E-state index in [1.165, 1.54) is 12.1 Å². The van der Waals surface area contributed by atoms with Crippen molar-refractivity contribution in [1.29, 1.82) is 0 Å². The van der Waals surface area contributed by atoms with Crippen LogP contribution in [0.25, 0.3) is 0 Å². The van der Waals surface area contributed by atoms with Gasteiger partial charge in [-0.1, -0.05) is 12.1 Å². The molecule has 0 saturated heterocycles. The Labute approximate surface area is 160 Å². The smallest absolute Gasteiger partial charge is 0.416 e. The third-order valence-electron chi connectivity index (χ3n) is 3.63. The van der Waals surface area contributed by atoms with Gasteiger partial charge in [0.15, 0.2) is 0 Å². The maximum Gasteiger partial charge on any atom is 0.416 e. The van der Waals surface area contributed by atoms with Gasteiger partial charge in [-0.3, -0.25) is 4.79 Å². The predicted molar refractivity (Wildman–Crippen MR) is 100.0 cm³/mol. The highest BCUT2D eigenvalue weighted by molar-refractivity contribution is 6.01. The fraction of sp³-hybridized carbons (Fsp3) is 0.263. The third-order valence-corrected chi connectivity index (χ3v) is 3.63. The molecule has 0 spiro atoms. The van der Waals surface area contributed by atoms with Crippen molar-refractivity contribution in [3.05, 3.63) is 53.6 Å². The van der Waals surface area contributed by atoms with Crippen LogP contribution in [0.3, 0.4) is 0 Å². The number of urea groups is 1. The van der Waals surface area contributed by atoms with Gasteiger partial charge in [-0.15, -0.1) is 0 Å². The van der Waals surface area contributed by atoms with Crippen molar-refractivity contribution in [2.45, 2.75) is 6.18 Å². The largest absolute Gasteiger partial charge is 0.490 e. The number of nitrogens with one attached hydrogen (secondary N) is 2. The molecule has 0 atom stereocenters. The number of nitrogens with zero attached hydrogens (tertiary/aromatic N) is 1. The van der Waals surface area contributed by atoms with Gasteiger partial charge in [-0.2, -0.15) is 13.2 Å². The van der Waals surface area contributed by atoms with Gasteiger partial charge in [-0.25, -0.2) is 4.79 Å². The zero-order valence-corrected chi connectivity index (χ0v) is 15.3. The molecule has 2 aromatic carbocycles. The molecule has 0 heterocycles. The maximum atomic E-state index is 13.0. The normalized spacial score (nSPS) is 11.2. The molecule has 150 valence electrons. The molecule has 6 nitrogen and oxygen atoms in total. The molecular formula is C19H20F3N3O3. The van der Waals surface area contributed by atoms with Gasteiger partial charge in [0.05, 0.1) is 11.3 Å². The molecule has 0 unspecified atom stereocenters. The van der Waals surface area contributed by atoms with E-state index >= 15 is 0 Å². The summed E-state index contributed by atoms with van der Waals surface area (Å²) in [4.78, 5) is 24.9. The van der Waals surface area contributed by atoms with Crippen LogP contribution in [0.4, 0.5) is 29.3 Å². The van der Waals surface area contributed by atoms with Crippen LogP contribution in [0.2, 0.25) is 0 Å². The number of benzene rings is 2. The highest BCUT2D eigenvalue weighted by atomic mass is 19.4. The van der Waals surface area contributed by atoms with Crippen molar-refractivity contribution in [2.24, 2.45) is 0 Å². The first-order chi connectivity index (χ1) is 13.2. The quantitative estimate of drug-likeness (QED) is 0.693. The summed E-state index contributed by atoms with van der Waals surface area (Å²) in [6, 6.07) is 8.22. The molecule has 0 radical (unpaired) electrons. The van der Waals surface area contributed by atoms with Gasteiger partial charge in [0.25, 0.3) is 0 Å². The second-order valence-corrected chi connectivity index (χ2v) is 6.18. The molecule has 0 aromatic heterocycles. The van der Waals surface area contributed by atoms with E-state index in [4.69, 9.17) is 4.74 Å². The summed E-state index contributed by atoms with van der Waals surface area (Å²) in [6.45, 7) is 0.779. The van der Waals surface area contributed by atoms with E-state index in [9.17, 15) is 22.8 Å². The molecule has 9 heteroatoms. The molecule has 2 rings (SSSR count). The monoisotopic (exact) mass is 395 g/mol. The highest BCUT2D eigenvalue weighted by Gasteiger charge is 2.31. The molecule has 0 fully saturated rings. The van der Waals surface area contributed by atoms with Crippen molar-refractivity contribution in [1.82, 2.24) is 4.90 Å². The number of likely N-dealkylation sites (N-methyl/N-ethyl adjacent to an activating group) is 1. The van der Waals surface area contributed by atoms with Crippen LogP contribution in [0.15, 0.2) is 42.5 Å². The Morgan fingerprint density at radius 2 is 1.89 bits per heavy atom. The van der Waals surface area contributed by atoms with Crippen LogP contribution >= 0.6 is 0 Å². The summed E-state index contributed by atoms with van der Waals surface area (Å²) >= 11 is 0. The molecule has 28 heavy (non-hydrogen) atoms. The van der Waals surface area contributed by atoms with Crippen LogP contribution in [0.1, 0.15) is 15.9 Å². The van der Waals surface area contributed by atoms with Crippen LogP contribution in [0, 0.1) is 0 Å². The number of ether oxygens (including phenoxy) is 1. The molecule has 2 N–H and O–H groups in total. The Hall–Kier alpha value is -3.07. The Morgan fingerprint density at radius 3 is 2.54 bits per heavy atom. The number of halogens is 3. The van der Waals surface area contributed by atoms with E-state index in [1.807, 2.05) is 19.0 Å². The van der Waals surface area contributed by atoms with Crippen molar-refractivity contribution >= 4 is 23.7 Å². The fourth-order valence-corrected chi connectivity index (χ4v) is 2.24. The first-order valence-corrected chi connectivity index (χ1v) is 8.31. The predicted octanol–water partition coefficient (Wildman–Crippen LogP) is 4.10. The zero-order valence-electron chi connectivity index (χ0n) is 15.3. The summed E-state index contributed by atoms with van der Waals surface area (Å²) < 4.78 is 44.6. The minimum absolute atomic E-state index is 0.113. The van der Waals surface area contributed by atoms with Crippen LogP contribution < -0.4 is 15.4 Å². The Balaban J connectivity index is 2.19. The molecule has 0 aliphatic heterocycles. The number of anilines is 2. The molecule has 2 aromatic rings. The van der Waals surface area contributed by atoms with Gasteiger partial charge in [-0.05, 0) is 44.4 Å². The number of aldehydes is 1. The van der Waals surface area contributed by atoms with E-state index < -0.39 is 17.8 Å². The maximum absolute atomic E-state index is 13.0. The lowest BCUT2D eigenvalue weighted by Crippen LogP contribution is -2.22. The standard InChI is InChI=1S/C19H20F3N3O3/c1-25(2)8-9-28-17-7-6-14(19(20,21)22)11-16(17)24-18(27)23-15-5-3-4-13(10-15)12-26/h3-7,10-12H,8-9H2,1-2H3,(H2,23,24,27). The number of carbonyl (C=O) groups excluding carboxylic acids is 2. The van der Waals surface area contributed by atoms with E-state index in [0.717, 1.165) is 12.1 Å². The van der Waals surface area contributed by atoms with E-state index in [-0.39, 0.29) is 18.0 Å². The number of hydrogen-bond donors (Lipinski definition) is 2. The van der Waals surface area contributed by atoms with Crippen molar-refractivity contribution in [3.63, 3.8) is 0 Å². The van der Waals surface area contributed by atoms with Gasteiger partial charge in [0.1, 0.15) is 18.6 Å². The van der Waals surface area contributed by atoms with Gasteiger partial charge in [0, 0.05) is 17.8 Å². The van der Waals surface area contributed by atoms with Crippen molar-refractivity contribution in [3.8, 4) is 5.75 Å². The number of hydrogen-bond acceptors (Lipinski definition) is 4. The minimum atomic E-state index is -4.56. The fourth-order valence-electron chi connectivity index (χ4n) is 2.24. The molecule has 0 saturated carbocycles. The van der Waals surface area contributed by atoms with Crippen LogP contribution in [0.5, 0.6) is 5.75 Å². The molecule has 0 aliphatic rings. The lowest BCUT2D eigenvalue weighted by atomic mass is 10.1. The summed E-state index contributed by atoms with van der Waals surface area (Å²) in [6.07, 6.45) is -3.94. The van der Waals surface area contributed by atoms with Gasteiger partial charge >= 0.3 is 12.2 Å². The summed E-state index contributed by atoms with van der Waals surface area (Å²) in [5, 5.41) is 4.84. The van der Waals surface area contributed by atoms with Crippen LogP contribution in [-0.4, -0.2) is 44.5 Å². The van der Waals surface area contributed by atoms with E-state index in [0.29, 0.717) is 24.1 Å². The first kappa shape index (κ1) is 21.2. The number of carbonyl (C=O) groups is 2. The van der Waals surface area contributed by atoms with Crippen molar-refractivity contribution < 1.29 is 27.5 Å². The number of amides is 2. The first-order valence-electron chi connectivity index (χ1n) is 8.31. The third kappa shape index (κ3) is 6.27. The van der Waals surface area contributed by atoms with Gasteiger partial charge in [0.2, 0.25) is 0 Å². The van der Waals surface area contributed by atoms with Crippen LogP contribution in [-0.2, 0) is 6.18 Å². The second kappa shape index (κ2) is 9.23. The Kier molecular flexibility index (Phi) is 7.00. The SMILES string of the molecule is CN(C)CCOc1ccc(C(F)(F)F)cc1NC(=O)Nc1cccc(C=O)c1. The number of rotatable bonds is 7. The summed E-state index contributed by atoms with van der Waals surface area (Å²) in [5.74, 6) is 0.117. The molecule has 2 amide bonds. The second-order valence-electron chi connectivity index (χ2n) is 6.18. The highest BCUT2D eigenvalue weighted by Crippen LogP contribution is 2.35. The molecular weight excluding hydrogens is 375 g/mol. The zero-order chi connectivity index (χ0) is 20.7. The average molecular weight is 395 g/mol. The van der Waals surface area contributed by atoms with Crippen molar-refractivity contribution in [2.75, 3.05) is 37.9 Å². The topological polar surface area (TPSA) is 70.7 Å². The lowest BCUT2D eigenvalue weighted by Gasteiger charge is -2.17.